The molecule has 0 aliphatic rings. The van der Waals surface area contributed by atoms with E-state index in [0.29, 0.717) is 11.5 Å². The summed E-state index contributed by atoms with van der Waals surface area (Å²) >= 11 is 0. The maximum atomic E-state index is 11.9. The molecule has 0 saturated carbocycles. The Kier molecular flexibility index (Phi) is 3.63. The average Bonchev–Trinajstić information content (AvgIpc) is 2.52. The van der Waals surface area contributed by atoms with Crippen molar-refractivity contribution in [1.29, 1.82) is 5.41 Å². The number of fused-ring (bicyclic) bond motifs is 1. The maximum absolute atomic E-state index is 11.9. The minimum Gasteiger partial charge on any atom is -0.594 e. The molecule has 0 radical (unpaired) electrons. The zero-order valence-corrected chi connectivity index (χ0v) is 12.1. The molecule has 1 N–H and O–H groups in total. The van der Waals surface area contributed by atoms with Gasteiger partial charge in [-0.2, -0.15) is 0 Å². The lowest BCUT2D eigenvalue weighted by Gasteiger charge is -2.09. The summed E-state index contributed by atoms with van der Waals surface area (Å²) in [5, 5.41) is 23.0. The summed E-state index contributed by atoms with van der Waals surface area (Å²) in [7, 11) is 0. The lowest BCUT2D eigenvalue weighted by atomic mass is 10.3. The summed E-state index contributed by atoms with van der Waals surface area (Å²) in [5.74, 6) is 0.407. The Morgan fingerprint density at radius 2 is 1.96 bits per heavy atom. The zero-order chi connectivity index (χ0) is 16.4. The van der Waals surface area contributed by atoms with Gasteiger partial charge in [0, 0.05) is 6.92 Å². The molecule has 116 valence electrons. The van der Waals surface area contributed by atoms with Crippen molar-refractivity contribution < 1.29 is 19.2 Å². The second-order valence-electron chi connectivity index (χ2n) is 4.64. The molecular weight excluding hydrogens is 300 g/mol. The first-order valence-electron chi connectivity index (χ1n) is 6.67. The highest BCUT2D eigenvalue weighted by atomic mass is 16.7. The number of benzene rings is 2. The van der Waals surface area contributed by atoms with Gasteiger partial charge in [0.15, 0.2) is 5.52 Å². The Balaban J connectivity index is 2.09. The first kappa shape index (κ1) is 14.5. The van der Waals surface area contributed by atoms with Crippen LogP contribution in [0.4, 0.5) is 0 Å². The van der Waals surface area contributed by atoms with Crippen molar-refractivity contribution >= 4 is 17.0 Å². The molecule has 0 amide bonds. The maximum Gasteiger partial charge on any atom is 0.330 e. The number of carbonyl (C=O) groups is 1. The molecular formula is C15H12N4O4. The van der Waals surface area contributed by atoms with Gasteiger partial charge in [-0.05, 0) is 29.1 Å². The smallest absolute Gasteiger partial charge is 0.330 e. The minimum atomic E-state index is -0.625. The molecule has 23 heavy (non-hydrogen) atoms. The SMILES string of the molecule is CC(=O)On1c(=N)n[n+]([O-])c2cc(Oc3ccccc3)ccc21. The van der Waals surface area contributed by atoms with E-state index >= 15 is 0 Å². The molecule has 0 spiro atoms. The van der Waals surface area contributed by atoms with Crippen LogP contribution in [0.2, 0.25) is 0 Å². The van der Waals surface area contributed by atoms with E-state index in [-0.39, 0.29) is 15.9 Å². The van der Waals surface area contributed by atoms with Crippen LogP contribution in [0.1, 0.15) is 6.92 Å². The van der Waals surface area contributed by atoms with Gasteiger partial charge in [-0.3, -0.25) is 5.41 Å². The number of aromatic nitrogens is 3. The minimum absolute atomic E-state index is 0.107. The van der Waals surface area contributed by atoms with E-state index in [1.54, 1.807) is 18.2 Å². The summed E-state index contributed by atoms with van der Waals surface area (Å²) in [6.07, 6.45) is 0. The van der Waals surface area contributed by atoms with E-state index in [1.165, 1.54) is 19.1 Å². The molecule has 2 aromatic carbocycles. The molecule has 8 nitrogen and oxygen atoms in total. The topological polar surface area (TPSA) is 104 Å². The lowest BCUT2D eigenvalue weighted by Crippen LogP contribution is -2.45. The third-order valence-electron chi connectivity index (χ3n) is 2.95. The third-order valence-corrected chi connectivity index (χ3v) is 2.95. The summed E-state index contributed by atoms with van der Waals surface area (Å²) in [5.41, 5.74) is -0.147. The van der Waals surface area contributed by atoms with E-state index in [1.807, 2.05) is 18.2 Å². The number of hydrogen-bond donors (Lipinski definition) is 1. The van der Waals surface area contributed by atoms with Crippen molar-refractivity contribution in [2.75, 3.05) is 0 Å². The quantitative estimate of drug-likeness (QED) is 0.572. The van der Waals surface area contributed by atoms with E-state index in [4.69, 9.17) is 15.0 Å². The molecule has 3 rings (SSSR count). The van der Waals surface area contributed by atoms with Crippen LogP contribution >= 0.6 is 0 Å². The van der Waals surface area contributed by atoms with Gasteiger partial charge in [0.05, 0.1) is 11.2 Å². The number of nitrogens with one attached hydrogen (secondary N) is 1. The van der Waals surface area contributed by atoms with Crippen LogP contribution in [0.25, 0.3) is 11.0 Å². The molecule has 1 heterocycles. The fourth-order valence-corrected chi connectivity index (χ4v) is 2.03. The van der Waals surface area contributed by atoms with Gasteiger partial charge in [0.1, 0.15) is 11.5 Å². The van der Waals surface area contributed by atoms with Crippen molar-refractivity contribution in [2.45, 2.75) is 6.92 Å². The number of carbonyl (C=O) groups excluding carboxylic acids is 1. The first-order chi connectivity index (χ1) is 11.0. The highest BCUT2D eigenvalue weighted by molar-refractivity contribution is 5.74. The number of hydrogen-bond acceptors (Lipinski definition) is 6. The highest BCUT2D eigenvalue weighted by Gasteiger charge is 2.15. The largest absolute Gasteiger partial charge is 0.594 e. The van der Waals surface area contributed by atoms with Crippen molar-refractivity contribution in [1.82, 2.24) is 9.83 Å². The molecule has 0 atom stereocenters. The van der Waals surface area contributed by atoms with Crippen molar-refractivity contribution in [3.63, 3.8) is 0 Å². The van der Waals surface area contributed by atoms with Crippen LogP contribution in [0, 0.1) is 10.6 Å². The molecule has 0 aliphatic carbocycles. The second-order valence-corrected chi connectivity index (χ2v) is 4.64. The summed E-state index contributed by atoms with van der Waals surface area (Å²) in [6.45, 7) is 1.20. The van der Waals surface area contributed by atoms with E-state index in [0.717, 1.165) is 4.73 Å². The average molecular weight is 312 g/mol. The zero-order valence-electron chi connectivity index (χ0n) is 12.1. The van der Waals surface area contributed by atoms with Crippen molar-refractivity contribution in [2.24, 2.45) is 0 Å². The standard InChI is InChI=1S/C15H12N4O4/c1-10(20)23-18-13-8-7-12(22-11-5-3-2-4-6-11)9-14(13)19(21)17-15(18)16/h2-9,16H,1H3. The second kappa shape index (κ2) is 5.76. The monoisotopic (exact) mass is 312 g/mol. The van der Waals surface area contributed by atoms with Crippen molar-refractivity contribution in [3.8, 4) is 11.5 Å². The molecule has 0 saturated heterocycles. The molecule has 0 bridgehead atoms. The summed E-state index contributed by atoms with van der Waals surface area (Å²) in [6, 6.07) is 13.7. The van der Waals surface area contributed by atoms with Crippen molar-refractivity contribution in [3.05, 3.63) is 59.4 Å². The van der Waals surface area contributed by atoms with Gasteiger partial charge in [0.2, 0.25) is 0 Å². The van der Waals surface area contributed by atoms with Gasteiger partial charge in [-0.25, -0.2) is 4.79 Å². The predicted octanol–water partition coefficient (Wildman–Crippen LogP) is 0.917. The fourth-order valence-electron chi connectivity index (χ4n) is 2.03. The van der Waals surface area contributed by atoms with Gasteiger partial charge in [-0.15, -0.1) is 4.73 Å². The number of rotatable bonds is 3. The predicted molar refractivity (Wildman–Crippen MR) is 78.3 cm³/mol. The van der Waals surface area contributed by atoms with Crippen LogP contribution in [-0.2, 0) is 4.79 Å². The number of ether oxygens (including phenoxy) is 1. The first-order valence-corrected chi connectivity index (χ1v) is 6.67. The summed E-state index contributed by atoms with van der Waals surface area (Å²) < 4.78 is 6.54. The Labute approximate surface area is 130 Å². The molecule has 8 heteroatoms. The van der Waals surface area contributed by atoms with Crippen LogP contribution in [0.3, 0.4) is 0 Å². The van der Waals surface area contributed by atoms with Crippen LogP contribution in [0.15, 0.2) is 48.5 Å². The normalized spacial score (nSPS) is 10.5. The summed E-state index contributed by atoms with van der Waals surface area (Å²) in [4.78, 5) is 16.3. The van der Waals surface area contributed by atoms with E-state index < -0.39 is 11.6 Å². The highest BCUT2D eigenvalue weighted by Crippen LogP contribution is 2.23. The lowest BCUT2D eigenvalue weighted by molar-refractivity contribution is -0.645. The van der Waals surface area contributed by atoms with Crippen LogP contribution in [0.5, 0.6) is 11.5 Å². The van der Waals surface area contributed by atoms with Gasteiger partial charge in [-0.1, -0.05) is 18.2 Å². The Morgan fingerprint density at radius 3 is 2.65 bits per heavy atom. The Hall–Kier alpha value is -3.42. The molecule has 0 aliphatic heterocycles. The molecule has 3 aromatic rings. The van der Waals surface area contributed by atoms with Gasteiger partial charge >= 0.3 is 11.6 Å². The number of nitrogens with zero attached hydrogens (tertiary/aromatic N) is 3. The third kappa shape index (κ3) is 2.95. The van der Waals surface area contributed by atoms with Crippen LogP contribution < -0.4 is 20.0 Å². The molecule has 0 unspecified atom stereocenters. The van der Waals surface area contributed by atoms with E-state index in [9.17, 15) is 10.0 Å². The number of para-hydroxylation sites is 1. The Bertz CT molecular complexity index is 937. The molecule has 0 fully saturated rings. The Morgan fingerprint density at radius 1 is 1.22 bits per heavy atom. The van der Waals surface area contributed by atoms with Gasteiger partial charge < -0.3 is 14.8 Å². The van der Waals surface area contributed by atoms with Gasteiger partial charge in [0.25, 0.3) is 5.52 Å². The fraction of sp³-hybridized carbons (Fsp3) is 0.0667. The molecule has 1 aromatic heterocycles. The van der Waals surface area contributed by atoms with E-state index in [2.05, 4.69) is 5.10 Å². The van der Waals surface area contributed by atoms with Crippen LogP contribution in [-0.4, -0.2) is 15.8 Å².